The highest BCUT2D eigenvalue weighted by Gasteiger charge is 2.30. The summed E-state index contributed by atoms with van der Waals surface area (Å²) in [6.45, 7) is 0.212. The Morgan fingerprint density at radius 2 is 1.59 bits per heavy atom. The summed E-state index contributed by atoms with van der Waals surface area (Å²) in [5.41, 5.74) is -0.440. The molecule has 6 heteroatoms. The van der Waals surface area contributed by atoms with Gasteiger partial charge in [0.05, 0.1) is 7.11 Å². The first-order valence-corrected chi connectivity index (χ1v) is 12.2. The molecule has 0 spiro atoms. The first-order valence-electron chi connectivity index (χ1n) is 12.2. The summed E-state index contributed by atoms with van der Waals surface area (Å²) >= 11 is 0. The minimum Gasteiger partial charge on any atom is -0.469 e. The van der Waals surface area contributed by atoms with Gasteiger partial charge in [0.15, 0.2) is 12.1 Å². The number of aliphatic hydroxyl groups is 1. The van der Waals surface area contributed by atoms with E-state index in [0.29, 0.717) is 25.5 Å². The molecule has 1 atom stereocenters. The predicted molar refractivity (Wildman–Crippen MR) is 126 cm³/mol. The molecule has 32 heavy (non-hydrogen) atoms. The molecule has 184 valence electrons. The standard InChI is InChI=1S/C13H24O3.C13H18O3.H2/c1-16-12(15)7-10-13(11-14)8-5-3-2-4-6-9-13;14-10-12(16)6-9-13(11-15)7-4-2-1-3-5-8-13;/h14H,2-11H2,1H3;2,4,10-11H,1,3,5-9H2;1H/b;4-2-;. The number of ketones is 1. The van der Waals surface area contributed by atoms with Gasteiger partial charge in [0.25, 0.3) is 0 Å². The Morgan fingerprint density at radius 1 is 0.938 bits per heavy atom. The number of rotatable bonds is 9. The highest BCUT2D eigenvalue weighted by atomic mass is 16.5. The van der Waals surface area contributed by atoms with Gasteiger partial charge in [0, 0.05) is 26.3 Å². The number of methoxy groups -OCH3 is 1. The van der Waals surface area contributed by atoms with Crippen LogP contribution >= 0.6 is 0 Å². The topological polar surface area (TPSA) is 97.7 Å². The molecule has 0 saturated heterocycles. The van der Waals surface area contributed by atoms with Crippen molar-refractivity contribution in [1.29, 1.82) is 0 Å². The Balaban J connectivity index is 0.000000602. The molecule has 0 bridgehead atoms. The summed E-state index contributed by atoms with van der Waals surface area (Å²) in [5.74, 6) is -0.567. The Morgan fingerprint density at radius 3 is 2.19 bits per heavy atom. The number of allylic oxidation sites excluding steroid dienone is 2. The zero-order chi connectivity index (χ0) is 23.7. The average molecular weight is 453 g/mol. The van der Waals surface area contributed by atoms with E-state index >= 15 is 0 Å². The van der Waals surface area contributed by atoms with Crippen LogP contribution in [0.1, 0.15) is 104 Å². The lowest BCUT2D eigenvalue weighted by atomic mass is 9.74. The zero-order valence-corrected chi connectivity index (χ0v) is 19.8. The summed E-state index contributed by atoms with van der Waals surface area (Å²) in [6, 6.07) is 0. The van der Waals surface area contributed by atoms with Crippen LogP contribution in [0.5, 0.6) is 0 Å². The number of Topliss-reactive ketones (excluding diaryl/α,β-unsaturated/α-hetero) is 1. The second-order valence-electron chi connectivity index (χ2n) is 9.49. The highest BCUT2D eigenvalue weighted by Crippen LogP contribution is 2.38. The normalized spacial score (nSPS) is 24.2. The fraction of sp³-hybridized carbons (Fsp3) is 0.769. The van der Waals surface area contributed by atoms with E-state index in [2.05, 4.69) is 10.8 Å². The van der Waals surface area contributed by atoms with Gasteiger partial charge in [-0.15, -0.1) is 0 Å². The van der Waals surface area contributed by atoms with E-state index in [4.69, 9.17) is 0 Å². The van der Waals surface area contributed by atoms with E-state index < -0.39 is 11.2 Å². The molecule has 2 rings (SSSR count). The van der Waals surface area contributed by atoms with Crippen LogP contribution in [-0.2, 0) is 23.9 Å². The van der Waals surface area contributed by atoms with Crippen molar-refractivity contribution in [2.24, 2.45) is 10.8 Å². The van der Waals surface area contributed by atoms with Gasteiger partial charge in [-0.2, -0.15) is 0 Å². The van der Waals surface area contributed by atoms with Gasteiger partial charge in [0.2, 0.25) is 0 Å². The lowest BCUT2D eigenvalue weighted by Crippen LogP contribution is -2.27. The number of aliphatic hydroxyl groups excluding tert-OH is 1. The lowest BCUT2D eigenvalue weighted by Gasteiger charge is -2.33. The minimum atomic E-state index is -0.421. The number of ether oxygens (including phenoxy) is 1. The monoisotopic (exact) mass is 452 g/mol. The number of carbonyl (C=O) groups excluding carboxylic acids is 4. The maximum atomic E-state index is 11.2. The van der Waals surface area contributed by atoms with Gasteiger partial charge in [0.1, 0.15) is 6.29 Å². The van der Waals surface area contributed by atoms with Crippen LogP contribution in [0.3, 0.4) is 0 Å². The second kappa shape index (κ2) is 15.9. The van der Waals surface area contributed by atoms with Gasteiger partial charge in [-0.1, -0.05) is 50.7 Å². The first kappa shape index (κ1) is 28.2. The van der Waals surface area contributed by atoms with Crippen LogP contribution in [0.25, 0.3) is 0 Å². The van der Waals surface area contributed by atoms with Crippen molar-refractivity contribution in [3.63, 3.8) is 0 Å². The number of carbonyl (C=O) groups is 4. The molecule has 1 fully saturated rings. The average Bonchev–Trinajstić information content (AvgIpc) is 2.78. The molecule has 1 unspecified atom stereocenters. The molecule has 1 saturated carbocycles. The summed E-state index contributed by atoms with van der Waals surface area (Å²) < 4.78 is 4.67. The zero-order valence-electron chi connectivity index (χ0n) is 19.8. The maximum absolute atomic E-state index is 11.2. The Labute approximate surface area is 194 Å². The van der Waals surface area contributed by atoms with Crippen molar-refractivity contribution in [3.8, 4) is 0 Å². The van der Waals surface area contributed by atoms with Gasteiger partial charge in [-0.05, 0) is 56.8 Å². The molecule has 0 radical (unpaired) electrons. The van der Waals surface area contributed by atoms with E-state index in [1.54, 1.807) is 0 Å². The largest absolute Gasteiger partial charge is 0.469 e. The number of esters is 1. The fourth-order valence-electron chi connectivity index (χ4n) is 4.71. The second-order valence-corrected chi connectivity index (χ2v) is 9.49. The van der Waals surface area contributed by atoms with Crippen molar-refractivity contribution >= 4 is 24.3 Å². The van der Waals surface area contributed by atoms with Crippen LogP contribution in [0.2, 0.25) is 0 Å². The Hall–Kier alpha value is -1.82. The molecule has 2 aliphatic rings. The minimum absolute atomic E-state index is 0. The quantitative estimate of drug-likeness (QED) is 0.225. The van der Waals surface area contributed by atoms with Gasteiger partial charge in [-0.3, -0.25) is 14.4 Å². The number of hydrogen-bond donors (Lipinski definition) is 1. The molecule has 0 aromatic carbocycles. The molecule has 0 aliphatic heterocycles. The highest BCUT2D eigenvalue weighted by molar-refractivity contribution is 6.24. The third-order valence-corrected chi connectivity index (χ3v) is 7.07. The molecule has 1 N–H and O–H groups in total. The van der Waals surface area contributed by atoms with E-state index in [0.717, 1.165) is 51.2 Å². The molecule has 0 aromatic heterocycles. The van der Waals surface area contributed by atoms with Crippen LogP contribution in [0.15, 0.2) is 12.2 Å². The van der Waals surface area contributed by atoms with Crippen molar-refractivity contribution in [3.05, 3.63) is 12.2 Å². The molecule has 0 amide bonds. The van der Waals surface area contributed by atoms with Crippen molar-refractivity contribution in [2.45, 2.75) is 103 Å². The number of aldehydes is 2. The molecule has 0 heterocycles. The van der Waals surface area contributed by atoms with E-state index in [-0.39, 0.29) is 25.8 Å². The fourth-order valence-corrected chi connectivity index (χ4v) is 4.71. The van der Waals surface area contributed by atoms with Crippen molar-refractivity contribution < 1.29 is 30.4 Å². The van der Waals surface area contributed by atoms with Crippen molar-refractivity contribution in [2.75, 3.05) is 13.7 Å². The van der Waals surface area contributed by atoms with Crippen LogP contribution in [0, 0.1) is 10.8 Å². The molecule has 6 nitrogen and oxygen atoms in total. The third-order valence-electron chi connectivity index (χ3n) is 7.07. The summed E-state index contributed by atoms with van der Waals surface area (Å²) in [4.78, 5) is 43.6. The van der Waals surface area contributed by atoms with E-state index in [1.807, 2.05) is 6.08 Å². The summed E-state index contributed by atoms with van der Waals surface area (Å²) in [5, 5.41) is 9.59. The van der Waals surface area contributed by atoms with E-state index in [9.17, 15) is 24.3 Å². The van der Waals surface area contributed by atoms with Crippen LogP contribution in [0.4, 0.5) is 0 Å². The predicted octanol–water partition coefficient (Wildman–Crippen LogP) is 5.15. The van der Waals surface area contributed by atoms with Gasteiger partial charge in [-0.25, -0.2) is 0 Å². The first-order chi connectivity index (χ1) is 15.4. The van der Waals surface area contributed by atoms with Gasteiger partial charge >= 0.3 is 5.97 Å². The lowest BCUT2D eigenvalue weighted by molar-refractivity contribution is -0.141. The van der Waals surface area contributed by atoms with Crippen molar-refractivity contribution in [1.82, 2.24) is 0 Å². The summed E-state index contributed by atoms with van der Waals surface area (Å²) in [6.07, 6.45) is 20.4. The van der Waals surface area contributed by atoms with Crippen LogP contribution < -0.4 is 0 Å². The summed E-state index contributed by atoms with van der Waals surface area (Å²) in [7, 11) is 1.42. The third kappa shape index (κ3) is 10.7. The molecular weight excluding hydrogens is 408 g/mol. The Bertz CT molecular complexity index is 610. The van der Waals surface area contributed by atoms with Crippen LogP contribution in [-0.4, -0.2) is 43.1 Å². The van der Waals surface area contributed by atoms with E-state index in [1.165, 1.54) is 39.2 Å². The molecular formula is C26H44O6. The van der Waals surface area contributed by atoms with Gasteiger partial charge < -0.3 is 14.6 Å². The number of hydrogen-bond acceptors (Lipinski definition) is 6. The maximum Gasteiger partial charge on any atom is 0.305 e. The SMILES string of the molecule is COC(=O)CCC1(CO)CCCCCCC1.O=CC(=O)CCC1(C=O)C/C=C\CCCC1.[HH]. The smallest absolute Gasteiger partial charge is 0.305 e. The molecule has 2 aliphatic carbocycles. The molecule has 0 aromatic rings. The Kier molecular flexibility index (Phi) is 14.0.